The topological polar surface area (TPSA) is 18.5 Å². The number of hydrogen-bond acceptors (Lipinski definition) is 2. The largest absolute Gasteiger partial charge is 0.493 e. The van der Waals surface area contributed by atoms with Crippen LogP contribution in [0.15, 0.2) is 53.0 Å². The maximum Gasteiger partial charge on any atom is 0.122 e. The van der Waals surface area contributed by atoms with E-state index in [1.54, 1.807) is 0 Å². The molecule has 0 unspecified atom stereocenters. The van der Waals surface area contributed by atoms with E-state index in [0.717, 1.165) is 16.6 Å². The molecular weight excluding hydrogens is 316 g/mol. The van der Waals surface area contributed by atoms with Crippen LogP contribution >= 0.6 is 15.9 Å². The molecule has 0 fully saturated rings. The third kappa shape index (κ3) is 4.66. The molecule has 0 saturated heterocycles. The van der Waals surface area contributed by atoms with Gasteiger partial charge in [0.25, 0.3) is 0 Å². The molecule has 0 spiro atoms. The van der Waals surface area contributed by atoms with Gasteiger partial charge in [-0.3, -0.25) is 0 Å². The zero-order valence-electron chi connectivity index (χ0n) is 11.6. The molecule has 0 aliphatic carbocycles. The summed E-state index contributed by atoms with van der Waals surface area (Å²) in [4.78, 5) is 0. The van der Waals surface area contributed by atoms with Crippen molar-refractivity contribution in [3.8, 4) is 5.75 Å². The van der Waals surface area contributed by atoms with Gasteiger partial charge in [-0.25, -0.2) is 0 Å². The van der Waals surface area contributed by atoms with Crippen molar-refractivity contribution in [2.24, 2.45) is 0 Å². The average molecular weight is 335 g/mol. The van der Waals surface area contributed by atoms with Crippen molar-refractivity contribution in [1.29, 1.82) is 0 Å². The normalized spacial score (nSPS) is 10.5. The highest BCUT2D eigenvalue weighted by Crippen LogP contribution is 2.17. The van der Waals surface area contributed by atoms with Crippen molar-refractivity contribution in [2.45, 2.75) is 20.0 Å². The molecule has 20 heavy (non-hydrogen) atoms. The first-order valence-electron chi connectivity index (χ1n) is 6.77. The lowest BCUT2D eigenvalue weighted by atomic mass is 10.2. The number of aryl methyl sites for hydroxylation is 1. The summed E-state index contributed by atoms with van der Waals surface area (Å²) in [6, 6.07) is 16.2. The highest BCUT2D eigenvalue weighted by molar-refractivity contribution is 9.10. The van der Waals surface area contributed by atoms with E-state index >= 15 is 0 Å². The minimum atomic E-state index is 0.631. The smallest absolute Gasteiger partial charge is 0.122 e. The van der Waals surface area contributed by atoms with Crippen LogP contribution in [-0.4, -0.2) is 13.2 Å². The first-order valence-corrected chi connectivity index (χ1v) is 7.56. The number of para-hydroxylation sites is 1. The fourth-order valence-electron chi connectivity index (χ4n) is 1.86. The fraction of sp³-hybridized carbons (Fsp3) is 0.294. The first-order chi connectivity index (χ1) is 9.77. The molecule has 0 aliphatic heterocycles. The monoisotopic (exact) mass is 334 g/mol. The van der Waals surface area contributed by atoms with Gasteiger partial charge in [-0.15, -0.1) is 0 Å². The van der Waals surface area contributed by atoms with E-state index in [9.17, 15) is 0 Å². The molecule has 0 saturated carbocycles. The van der Waals surface area contributed by atoms with Crippen LogP contribution in [0, 0.1) is 6.92 Å². The number of rotatable bonds is 7. The van der Waals surface area contributed by atoms with Crippen LogP contribution in [0.5, 0.6) is 5.75 Å². The van der Waals surface area contributed by atoms with E-state index in [2.05, 4.69) is 35.0 Å². The summed E-state index contributed by atoms with van der Waals surface area (Å²) in [6.07, 6.45) is 0.888. The Morgan fingerprint density at radius 2 is 1.70 bits per heavy atom. The Bertz CT molecular complexity index is 491. The Labute approximate surface area is 128 Å². The average Bonchev–Trinajstić information content (AvgIpc) is 2.46. The summed E-state index contributed by atoms with van der Waals surface area (Å²) in [5, 5.41) is 0. The van der Waals surface area contributed by atoms with Crippen molar-refractivity contribution in [3.05, 3.63) is 64.1 Å². The summed E-state index contributed by atoms with van der Waals surface area (Å²) in [5.74, 6) is 0.957. The van der Waals surface area contributed by atoms with Gasteiger partial charge in [-0.05, 0) is 30.2 Å². The standard InChI is InChI=1S/C17H19BrO2/c1-14-7-2-5-10-17(14)20-12-6-11-19-13-15-8-3-4-9-16(15)18/h2-5,7-10H,6,11-13H2,1H3. The van der Waals surface area contributed by atoms with Crippen LogP contribution in [0.1, 0.15) is 17.5 Å². The molecule has 0 bridgehead atoms. The van der Waals surface area contributed by atoms with Crippen molar-refractivity contribution in [3.63, 3.8) is 0 Å². The van der Waals surface area contributed by atoms with E-state index in [0.29, 0.717) is 19.8 Å². The molecule has 2 nitrogen and oxygen atoms in total. The van der Waals surface area contributed by atoms with E-state index in [1.165, 1.54) is 11.1 Å². The third-order valence-electron chi connectivity index (χ3n) is 3.00. The van der Waals surface area contributed by atoms with E-state index in [1.807, 2.05) is 36.4 Å². The van der Waals surface area contributed by atoms with Crippen molar-refractivity contribution >= 4 is 15.9 Å². The first kappa shape index (κ1) is 15.1. The van der Waals surface area contributed by atoms with Crippen LogP contribution in [0.25, 0.3) is 0 Å². The minimum Gasteiger partial charge on any atom is -0.493 e. The Morgan fingerprint density at radius 1 is 0.950 bits per heavy atom. The van der Waals surface area contributed by atoms with Gasteiger partial charge in [-0.2, -0.15) is 0 Å². The van der Waals surface area contributed by atoms with Gasteiger partial charge in [0, 0.05) is 10.9 Å². The second kappa shape index (κ2) is 8.08. The maximum absolute atomic E-state index is 5.72. The summed E-state index contributed by atoms with van der Waals surface area (Å²) in [7, 11) is 0. The molecule has 0 N–H and O–H groups in total. The summed E-state index contributed by atoms with van der Waals surface area (Å²) in [6.45, 7) is 4.07. The third-order valence-corrected chi connectivity index (χ3v) is 3.77. The van der Waals surface area contributed by atoms with Crippen LogP contribution in [0.2, 0.25) is 0 Å². The van der Waals surface area contributed by atoms with E-state index < -0.39 is 0 Å². The summed E-state index contributed by atoms with van der Waals surface area (Å²) < 4.78 is 12.5. The number of hydrogen-bond donors (Lipinski definition) is 0. The van der Waals surface area contributed by atoms with Crippen LogP contribution < -0.4 is 4.74 Å². The molecular formula is C17H19BrO2. The molecule has 106 valence electrons. The molecule has 0 aliphatic rings. The van der Waals surface area contributed by atoms with Crippen LogP contribution in [0.4, 0.5) is 0 Å². The molecule has 3 heteroatoms. The number of halogens is 1. The van der Waals surface area contributed by atoms with E-state index in [4.69, 9.17) is 9.47 Å². The predicted molar refractivity (Wildman–Crippen MR) is 85.1 cm³/mol. The highest BCUT2D eigenvalue weighted by Gasteiger charge is 1.99. The Balaban J connectivity index is 1.63. The summed E-state index contributed by atoms with van der Waals surface area (Å²) >= 11 is 3.51. The van der Waals surface area contributed by atoms with Crippen LogP contribution in [0.3, 0.4) is 0 Å². The second-order valence-electron chi connectivity index (χ2n) is 4.61. The lowest BCUT2D eigenvalue weighted by Gasteiger charge is -2.09. The van der Waals surface area contributed by atoms with Crippen LogP contribution in [-0.2, 0) is 11.3 Å². The number of benzene rings is 2. The van der Waals surface area contributed by atoms with Gasteiger partial charge in [0.05, 0.1) is 19.8 Å². The SMILES string of the molecule is Cc1ccccc1OCCCOCc1ccccc1Br. The van der Waals surface area contributed by atoms with Crippen molar-refractivity contribution in [2.75, 3.05) is 13.2 Å². The Hall–Kier alpha value is -1.32. The van der Waals surface area contributed by atoms with Gasteiger partial charge in [0.15, 0.2) is 0 Å². The fourth-order valence-corrected chi connectivity index (χ4v) is 2.26. The molecule has 2 aromatic rings. The second-order valence-corrected chi connectivity index (χ2v) is 5.47. The molecule has 0 amide bonds. The quantitative estimate of drug-likeness (QED) is 0.680. The van der Waals surface area contributed by atoms with Gasteiger partial charge in [0.1, 0.15) is 5.75 Å². The van der Waals surface area contributed by atoms with Gasteiger partial charge in [-0.1, -0.05) is 52.3 Å². The number of ether oxygens (including phenoxy) is 2. The molecule has 0 heterocycles. The minimum absolute atomic E-state index is 0.631. The Kier molecular flexibility index (Phi) is 6.09. The molecule has 2 rings (SSSR count). The molecule has 2 aromatic carbocycles. The van der Waals surface area contributed by atoms with Crippen molar-refractivity contribution in [1.82, 2.24) is 0 Å². The van der Waals surface area contributed by atoms with Gasteiger partial charge < -0.3 is 9.47 Å². The lowest BCUT2D eigenvalue weighted by molar-refractivity contribution is 0.107. The zero-order chi connectivity index (χ0) is 14.2. The van der Waals surface area contributed by atoms with E-state index in [-0.39, 0.29) is 0 Å². The summed E-state index contributed by atoms with van der Waals surface area (Å²) in [5.41, 5.74) is 2.34. The maximum atomic E-state index is 5.72. The molecule has 0 atom stereocenters. The molecule has 0 aromatic heterocycles. The van der Waals surface area contributed by atoms with Crippen molar-refractivity contribution < 1.29 is 9.47 Å². The highest BCUT2D eigenvalue weighted by atomic mass is 79.9. The zero-order valence-corrected chi connectivity index (χ0v) is 13.2. The molecule has 0 radical (unpaired) electrons. The van der Waals surface area contributed by atoms with Gasteiger partial charge >= 0.3 is 0 Å². The Morgan fingerprint density at radius 3 is 2.50 bits per heavy atom. The van der Waals surface area contributed by atoms with Gasteiger partial charge in [0.2, 0.25) is 0 Å². The predicted octanol–water partition coefficient (Wildman–Crippen LogP) is 4.74. The lowest BCUT2D eigenvalue weighted by Crippen LogP contribution is -2.04.